The molecule has 2 N–H and O–H groups in total. The molecule has 0 fully saturated rings. The summed E-state index contributed by atoms with van der Waals surface area (Å²) in [5.41, 5.74) is 1.80. The molecule has 0 aliphatic heterocycles. The van der Waals surface area contributed by atoms with E-state index in [-0.39, 0.29) is 21.3 Å². The highest BCUT2D eigenvalue weighted by Gasteiger charge is 2.24. The van der Waals surface area contributed by atoms with Gasteiger partial charge in [0, 0.05) is 36.3 Å². The summed E-state index contributed by atoms with van der Waals surface area (Å²) >= 11 is 0. The van der Waals surface area contributed by atoms with E-state index in [0.717, 1.165) is 0 Å². The molecule has 0 atom stereocenters. The van der Waals surface area contributed by atoms with Gasteiger partial charge >= 0.3 is 0 Å². The van der Waals surface area contributed by atoms with Gasteiger partial charge in [-0.05, 0) is 38.1 Å². The summed E-state index contributed by atoms with van der Waals surface area (Å²) in [5.74, 6) is 0.590. The predicted molar refractivity (Wildman–Crippen MR) is 128 cm³/mol. The van der Waals surface area contributed by atoms with Crippen molar-refractivity contribution in [1.29, 1.82) is 0 Å². The molecule has 0 radical (unpaired) electrons. The first-order chi connectivity index (χ1) is 16.0. The summed E-state index contributed by atoms with van der Waals surface area (Å²) in [5, 5.41) is 4.29. The lowest BCUT2D eigenvalue weighted by Crippen LogP contribution is -2.16. The van der Waals surface area contributed by atoms with Gasteiger partial charge in [-0.15, -0.1) is 0 Å². The Balaban J connectivity index is 1.57. The minimum Gasteiger partial charge on any atom is -0.280 e. The van der Waals surface area contributed by atoms with E-state index in [1.54, 1.807) is 45.2 Å². The van der Waals surface area contributed by atoms with Gasteiger partial charge in [-0.2, -0.15) is 5.10 Å². The molecule has 0 amide bonds. The van der Waals surface area contributed by atoms with Crippen LogP contribution in [0.5, 0.6) is 0 Å². The van der Waals surface area contributed by atoms with Crippen molar-refractivity contribution in [2.75, 3.05) is 9.44 Å². The van der Waals surface area contributed by atoms with Gasteiger partial charge < -0.3 is 0 Å². The van der Waals surface area contributed by atoms with E-state index < -0.39 is 20.0 Å². The molecule has 2 aromatic carbocycles. The first kappa shape index (κ1) is 23.4. The summed E-state index contributed by atoms with van der Waals surface area (Å²) in [4.78, 5) is 8.16. The number of nitrogens with one attached hydrogen (secondary N) is 2. The highest BCUT2D eigenvalue weighted by Crippen LogP contribution is 2.27. The summed E-state index contributed by atoms with van der Waals surface area (Å²) in [6.45, 7) is 3.40. The molecule has 2 heterocycles. The van der Waals surface area contributed by atoms with E-state index in [4.69, 9.17) is 0 Å². The summed E-state index contributed by atoms with van der Waals surface area (Å²) in [6, 6.07) is 15.9. The van der Waals surface area contributed by atoms with Crippen LogP contribution >= 0.6 is 0 Å². The molecule has 0 aliphatic rings. The van der Waals surface area contributed by atoms with Gasteiger partial charge in [0.1, 0.15) is 22.2 Å². The highest BCUT2D eigenvalue weighted by atomic mass is 32.2. The molecular formula is C22H22N6O4S2. The topological polar surface area (TPSA) is 136 Å². The summed E-state index contributed by atoms with van der Waals surface area (Å²) in [7, 11) is -6.29. The Bertz CT molecular complexity index is 1530. The average molecular weight is 499 g/mol. The Morgan fingerprint density at radius 2 is 1.50 bits per heavy atom. The molecule has 4 rings (SSSR count). The van der Waals surface area contributed by atoms with Crippen molar-refractivity contribution in [2.24, 2.45) is 7.05 Å². The van der Waals surface area contributed by atoms with Crippen molar-refractivity contribution in [2.45, 2.75) is 23.6 Å². The maximum Gasteiger partial charge on any atom is 0.265 e. The number of benzene rings is 2. The largest absolute Gasteiger partial charge is 0.280 e. The van der Waals surface area contributed by atoms with Gasteiger partial charge in [0.25, 0.3) is 20.0 Å². The van der Waals surface area contributed by atoms with Crippen LogP contribution in [0.1, 0.15) is 11.5 Å². The maximum absolute atomic E-state index is 13.1. The smallest absolute Gasteiger partial charge is 0.265 e. The van der Waals surface area contributed by atoms with Gasteiger partial charge in [-0.3, -0.25) is 14.1 Å². The quantitative estimate of drug-likeness (QED) is 0.400. The van der Waals surface area contributed by atoms with Gasteiger partial charge in [0.15, 0.2) is 0 Å². The number of aromatic nitrogens is 4. The van der Waals surface area contributed by atoms with Crippen molar-refractivity contribution in [1.82, 2.24) is 19.7 Å². The second-order valence-corrected chi connectivity index (χ2v) is 10.9. The minimum atomic E-state index is -3.99. The maximum atomic E-state index is 13.1. The lowest BCUT2D eigenvalue weighted by atomic mass is 10.2. The van der Waals surface area contributed by atoms with E-state index in [2.05, 4.69) is 24.5 Å². The van der Waals surface area contributed by atoms with E-state index in [1.807, 2.05) is 6.07 Å². The van der Waals surface area contributed by atoms with Crippen LogP contribution in [0.15, 0.2) is 76.7 Å². The number of rotatable bonds is 7. The van der Waals surface area contributed by atoms with Crippen LogP contribution in [0.2, 0.25) is 0 Å². The third kappa shape index (κ3) is 5.07. The van der Waals surface area contributed by atoms with Crippen molar-refractivity contribution in [3.05, 3.63) is 78.4 Å². The number of hydrogen-bond acceptors (Lipinski definition) is 7. The Morgan fingerprint density at radius 1 is 0.824 bits per heavy atom. The van der Waals surface area contributed by atoms with Gasteiger partial charge in [-0.25, -0.2) is 26.8 Å². The Kier molecular flexibility index (Phi) is 6.11. The molecule has 4 aromatic rings. The Morgan fingerprint density at radius 3 is 2.15 bits per heavy atom. The Hall–Kier alpha value is -3.77. The number of anilines is 2. The zero-order valence-corrected chi connectivity index (χ0v) is 20.2. The van der Waals surface area contributed by atoms with Crippen molar-refractivity contribution < 1.29 is 16.8 Å². The molecule has 34 heavy (non-hydrogen) atoms. The number of sulfonamides is 2. The number of hydrogen-bond donors (Lipinski definition) is 2. The van der Waals surface area contributed by atoms with Crippen LogP contribution in [0, 0.1) is 13.8 Å². The number of nitrogens with zero attached hydrogens (tertiary/aromatic N) is 4. The van der Waals surface area contributed by atoms with Crippen molar-refractivity contribution >= 4 is 31.6 Å². The highest BCUT2D eigenvalue weighted by molar-refractivity contribution is 7.93. The molecular weight excluding hydrogens is 476 g/mol. The molecule has 0 aliphatic carbocycles. The van der Waals surface area contributed by atoms with E-state index in [9.17, 15) is 16.8 Å². The van der Waals surface area contributed by atoms with E-state index in [0.29, 0.717) is 22.8 Å². The zero-order chi connectivity index (χ0) is 24.5. The van der Waals surface area contributed by atoms with E-state index >= 15 is 0 Å². The third-order valence-electron chi connectivity index (χ3n) is 4.75. The SMILES string of the molecule is Cc1cc(NS(=O)(=O)c2ccc(NS(=O)(=O)c3cn(C)nc3-c3ccccc3)cc2)nc(C)n1. The van der Waals surface area contributed by atoms with Crippen LogP contribution in [-0.4, -0.2) is 36.6 Å². The molecule has 0 bridgehead atoms. The lowest BCUT2D eigenvalue weighted by molar-refractivity contribution is 0.600. The minimum absolute atomic E-state index is 0.00839. The van der Waals surface area contributed by atoms with Gasteiger partial charge in [-0.1, -0.05) is 30.3 Å². The van der Waals surface area contributed by atoms with Gasteiger partial charge in [0.2, 0.25) is 0 Å². The molecule has 0 saturated carbocycles. The molecule has 10 nitrogen and oxygen atoms in total. The van der Waals surface area contributed by atoms with Gasteiger partial charge in [0.05, 0.1) is 4.90 Å². The molecule has 0 spiro atoms. The van der Waals surface area contributed by atoms with Crippen molar-refractivity contribution in [3.63, 3.8) is 0 Å². The first-order valence-electron chi connectivity index (χ1n) is 10.1. The van der Waals surface area contributed by atoms with Crippen molar-refractivity contribution in [3.8, 4) is 11.3 Å². The third-order valence-corrected chi connectivity index (χ3v) is 7.51. The van der Waals surface area contributed by atoms with Crippen LogP contribution in [0.25, 0.3) is 11.3 Å². The molecule has 0 unspecified atom stereocenters. The summed E-state index contributed by atoms with van der Waals surface area (Å²) in [6.07, 6.45) is 1.42. The fourth-order valence-corrected chi connectivity index (χ4v) is 5.59. The molecule has 12 heteroatoms. The fraction of sp³-hybridized carbons (Fsp3) is 0.136. The monoisotopic (exact) mass is 498 g/mol. The number of aryl methyl sites for hydroxylation is 3. The van der Waals surface area contributed by atoms with Crippen LogP contribution in [0.4, 0.5) is 11.5 Å². The normalized spacial score (nSPS) is 11.9. The summed E-state index contributed by atoms with van der Waals surface area (Å²) < 4.78 is 57.9. The average Bonchev–Trinajstić information content (AvgIpc) is 3.16. The fourth-order valence-electron chi connectivity index (χ4n) is 3.34. The standard InChI is InChI=1S/C22H22N6O4S2/c1-15-13-21(24-16(2)23-15)27-33(29,30)19-11-9-18(10-12-19)26-34(31,32)20-14-28(3)25-22(20)17-7-5-4-6-8-17/h4-14,26H,1-3H3,(H,23,24,27). The molecule has 176 valence electrons. The van der Waals surface area contributed by atoms with E-state index in [1.165, 1.54) is 41.2 Å². The van der Waals surface area contributed by atoms with Crippen LogP contribution in [0.3, 0.4) is 0 Å². The zero-order valence-electron chi connectivity index (χ0n) is 18.6. The second kappa shape index (κ2) is 8.88. The predicted octanol–water partition coefficient (Wildman–Crippen LogP) is 3.10. The molecule has 0 saturated heterocycles. The Labute approximate surface area is 197 Å². The first-order valence-corrected chi connectivity index (χ1v) is 13.1. The lowest BCUT2D eigenvalue weighted by Gasteiger charge is -2.11. The molecule has 2 aromatic heterocycles. The van der Waals surface area contributed by atoms with Crippen LogP contribution < -0.4 is 9.44 Å². The second-order valence-electron chi connectivity index (χ2n) is 7.56. The van der Waals surface area contributed by atoms with Crippen LogP contribution in [-0.2, 0) is 27.1 Å².